The minimum atomic E-state index is -0.253. The molecule has 3 rings (SSSR count). The van der Waals surface area contributed by atoms with Crippen LogP contribution in [0.25, 0.3) is 0 Å². The number of halogens is 2. The summed E-state index contributed by atoms with van der Waals surface area (Å²) in [6.45, 7) is -0.0245. The molecule has 1 N–H and O–H groups in total. The first-order valence-electron chi connectivity index (χ1n) is 6.11. The van der Waals surface area contributed by atoms with Crippen LogP contribution in [0.2, 0.25) is 10.0 Å². The van der Waals surface area contributed by atoms with E-state index in [1.165, 1.54) is 6.07 Å². The van der Waals surface area contributed by atoms with Crippen LogP contribution in [0.5, 0.6) is 5.75 Å². The molecule has 0 fully saturated rings. The third-order valence-corrected chi connectivity index (χ3v) is 3.60. The van der Waals surface area contributed by atoms with E-state index in [4.69, 9.17) is 27.9 Å². The van der Waals surface area contributed by atoms with Crippen molar-refractivity contribution in [3.63, 3.8) is 0 Å². The quantitative estimate of drug-likeness (QED) is 0.860. The summed E-state index contributed by atoms with van der Waals surface area (Å²) in [5.74, 6) is 0.0317. The predicted octanol–water partition coefficient (Wildman–Crippen LogP) is 3.56. The van der Waals surface area contributed by atoms with Gasteiger partial charge in [0, 0.05) is 16.1 Å². The first kappa shape index (κ1) is 13.9. The van der Waals surface area contributed by atoms with Gasteiger partial charge in [0.25, 0.3) is 5.91 Å². The second-order valence-corrected chi connectivity index (χ2v) is 5.34. The summed E-state index contributed by atoms with van der Waals surface area (Å²) < 4.78 is 5.25. The molecule has 0 bridgehead atoms. The number of carbonyl (C=O) groups is 2. The lowest BCUT2D eigenvalue weighted by atomic mass is 10.0. The van der Waals surface area contributed by atoms with Gasteiger partial charge in [-0.2, -0.15) is 0 Å². The van der Waals surface area contributed by atoms with Gasteiger partial charge >= 0.3 is 0 Å². The minimum absolute atomic E-state index is 0.0245. The molecule has 1 amide bonds. The van der Waals surface area contributed by atoms with Crippen molar-refractivity contribution in [2.45, 2.75) is 0 Å². The zero-order valence-corrected chi connectivity index (χ0v) is 12.2. The van der Waals surface area contributed by atoms with Crippen molar-refractivity contribution in [1.29, 1.82) is 0 Å². The maximum atomic E-state index is 12.5. The largest absolute Gasteiger partial charge is 0.482 e. The molecule has 0 aromatic heterocycles. The molecule has 0 spiro atoms. The maximum absolute atomic E-state index is 12.5. The van der Waals surface area contributed by atoms with Crippen molar-refractivity contribution < 1.29 is 14.3 Å². The van der Waals surface area contributed by atoms with E-state index < -0.39 is 0 Å². The molecule has 1 heterocycles. The van der Waals surface area contributed by atoms with E-state index in [1.54, 1.807) is 30.3 Å². The van der Waals surface area contributed by atoms with Gasteiger partial charge in [-0.3, -0.25) is 9.59 Å². The SMILES string of the molecule is O=C1COc2ccc(C(=O)c3ccc(Cl)cc3Cl)cc2N1. The van der Waals surface area contributed by atoms with Crippen LogP contribution in [-0.2, 0) is 4.79 Å². The Kier molecular flexibility index (Phi) is 3.57. The summed E-state index contributed by atoms with van der Waals surface area (Å²) in [5, 5.41) is 3.40. The van der Waals surface area contributed by atoms with Crippen LogP contribution in [-0.4, -0.2) is 18.3 Å². The number of ether oxygens (including phenoxy) is 1. The zero-order valence-electron chi connectivity index (χ0n) is 10.7. The highest BCUT2D eigenvalue weighted by Gasteiger charge is 2.19. The number of nitrogens with one attached hydrogen (secondary N) is 1. The third-order valence-electron chi connectivity index (χ3n) is 3.05. The molecular formula is C15H9Cl2NO3. The van der Waals surface area contributed by atoms with Crippen molar-refractivity contribution in [1.82, 2.24) is 0 Å². The molecule has 1 aliphatic heterocycles. The number of ketones is 1. The highest BCUT2D eigenvalue weighted by Crippen LogP contribution is 2.30. The van der Waals surface area contributed by atoms with Gasteiger partial charge in [0.1, 0.15) is 5.75 Å². The molecule has 0 aliphatic carbocycles. The molecule has 0 saturated heterocycles. The molecule has 21 heavy (non-hydrogen) atoms. The predicted molar refractivity (Wildman–Crippen MR) is 80.5 cm³/mol. The Hall–Kier alpha value is -2.04. The Morgan fingerprint density at radius 1 is 1.14 bits per heavy atom. The Morgan fingerprint density at radius 3 is 2.71 bits per heavy atom. The minimum Gasteiger partial charge on any atom is -0.482 e. The van der Waals surface area contributed by atoms with E-state index in [1.807, 2.05) is 0 Å². The van der Waals surface area contributed by atoms with Crippen molar-refractivity contribution in [2.24, 2.45) is 0 Å². The number of hydrogen-bond acceptors (Lipinski definition) is 3. The summed E-state index contributed by atoms with van der Waals surface area (Å²) in [6, 6.07) is 9.53. The number of hydrogen-bond donors (Lipinski definition) is 1. The first-order chi connectivity index (χ1) is 10.0. The number of amides is 1. The van der Waals surface area contributed by atoms with Gasteiger partial charge in [-0.25, -0.2) is 0 Å². The van der Waals surface area contributed by atoms with Crippen LogP contribution in [0.1, 0.15) is 15.9 Å². The Balaban J connectivity index is 1.98. The fraction of sp³-hybridized carbons (Fsp3) is 0.0667. The molecule has 0 saturated carbocycles. The standard InChI is InChI=1S/C15H9Cl2NO3/c16-9-2-3-10(11(17)6-9)15(20)8-1-4-13-12(5-8)18-14(19)7-21-13/h1-6H,7H2,(H,18,19). The summed E-state index contributed by atoms with van der Waals surface area (Å²) in [6.07, 6.45) is 0. The van der Waals surface area contributed by atoms with Crippen molar-refractivity contribution >= 4 is 40.6 Å². The fourth-order valence-electron chi connectivity index (χ4n) is 2.05. The van der Waals surface area contributed by atoms with Gasteiger partial charge in [0.05, 0.1) is 10.7 Å². The van der Waals surface area contributed by atoms with Crippen LogP contribution >= 0.6 is 23.2 Å². The van der Waals surface area contributed by atoms with Crippen LogP contribution in [0.15, 0.2) is 36.4 Å². The number of rotatable bonds is 2. The van der Waals surface area contributed by atoms with Gasteiger partial charge in [-0.15, -0.1) is 0 Å². The number of carbonyl (C=O) groups excluding carboxylic acids is 2. The summed E-state index contributed by atoms with van der Waals surface area (Å²) in [4.78, 5) is 23.8. The molecule has 0 unspecified atom stereocenters. The van der Waals surface area contributed by atoms with Crippen molar-refractivity contribution in [2.75, 3.05) is 11.9 Å². The average molecular weight is 322 g/mol. The van der Waals surface area contributed by atoms with Crippen molar-refractivity contribution in [3.8, 4) is 5.75 Å². The Morgan fingerprint density at radius 2 is 1.95 bits per heavy atom. The van der Waals surface area contributed by atoms with Gasteiger partial charge in [0.2, 0.25) is 0 Å². The summed E-state index contributed by atoms with van der Waals surface area (Å²) in [7, 11) is 0. The number of anilines is 1. The third kappa shape index (κ3) is 2.73. The van der Waals surface area contributed by atoms with Gasteiger partial charge in [0.15, 0.2) is 12.4 Å². The van der Waals surface area contributed by atoms with E-state index in [0.717, 1.165) is 0 Å². The van der Waals surface area contributed by atoms with Gasteiger partial charge in [-0.1, -0.05) is 23.2 Å². The lowest BCUT2D eigenvalue weighted by molar-refractivity contribution is -0.118. The molecule has 6 heteroatoms. The van der Waals surface area contributed by atoms with E-state index >= 15 is 0 Å². The van der Waals surface area contributed by atoms with E-state index in [2.05, 4.69) is 5.32 Å². The Labute approximate surface area is 130 Å². The van der Waals surface area contributed by atoms with Crippen LogP contribution in [0.3, 0.4) is 0 Å². The molecule has 0 atom stereocenters. The molecule has 106 valence electrons. The molecule has 2 aromatic rings. The highest BCUT2D eigenvalue weighted by molar-refractivity contribution is 6.37. The van der Waals surface area contributed by atoms with E-state index in [-0.39, 0.29) is 23.3 Å². The average Bonchev–Trinajstić information content (AvgIpc) is 2.46. The normalized spacial score (nSPS) is 13.1. The number of benzene rings is 2. The lowest BCUT2D eigenvalue weighted by Crippen LogP contribution is -2.25. The van der Waals surface area contributed by atoms with Crippen molar-refractivity contribution in [3.05, 3.63) is 57.6 Å². The molecular weight excluding hydrogens is 313 g/mol. The Bertz CT molecular complexity index is 759. The van der Waals surface area contributed by atoms with E-state index in [9.17, 15) is 9.59 Å². The van der Waals surface area contributed by atoms with Gasteiger partial charge in [-0.05, 0) is 36.4 Å². The lowest BCUT2D eigenvalue weighted by Gasteiger charge is -2.18. The smallest absolute Gasteiger partial charge is 0.262 e. The zero-order chi connectivity index (χ0) is 15.0. The number of fused-ring (bicyclic) bond motifs is 1. The molecule has 2 aromatic carbocycles. The topological polar surface area (TPSA) is 55.4 Å². The fourth-order valence-corrected chi connectivity index (χ4v) is 2.55. The second-order valence-electron chi connectivity index (χ2n) is 4.50. The maximum Gasteiger partial charge on any atom is 0.262 e. The molecule has 4 nitrogen and oxygen atoms in total. The highest BCUT2D eigenvalue weighted by atomic mass is 35.5. The van der Waals surface area contributed by atoms with Crippen LogP contribution in [0.4, 0.5) is 5.69 Å². The van der Waals surface area contributed by atoms with Crippen LogP contribution < -0.4 is 10.1 Å². The first-order valence-corrected chi connectivity index (χ1v) is 6.86. The molecule has 0 radical (unpaired) electrons. The second kappa shape index (κ2) is 5.39. The van der Waals surface area contributed by atoms with Gasteiger partial charge < -0.3 is 10.1 Å². The summed E-state index contributed by atoms with van der Waals surface area (Å²) >= 11 is 11.9. The molecule has 1 aliphatic rings. The van der Waals surface area contributed by atoms with Crippen LogP contribution in [0, 0.1) is 0 Å². The monoisotopic (exact) mass is 321 g/mol. The summed E-state index contributed by atoms with van der Waals surface area (Å²) in [5.41, 5.74) is 1.23. The van der Waals surface area contributed by atoms with E-state index in [0.29, 0.717) is 27.6 Å².